The number of unbranched alkanes of at least 4 members (excludes halogenated alkanes) is 1. The Morgan fingerprint density at radius 3 is 2.32 bits per heavy atom. The second-order valence-electron chi connectivity index (χ2n) is 8.70. The van der Waals surface area contributed by atoms with Crippen LogP contribution in [0.25, 0.3) is 0 Å². The average Bonchev–Trinajstić information content (AvgIpc) is 2.81. The minimum absolute atomic E-state index is 0.0740. The molecule has 0 spiro atoms. The Morgan fingerprint density at radius 1 is 1.06 bits per heavy atom. The molecular formula is C26H35ClN2O2. The number of amides is 1. The van der Waals surface area contributed by atoms with Crippen molar-refractivity contribution >= 4 is 17.5 Å². The fourth-order valence-electron chi connectivity index (χ4n) is 4.49. The van der Waals surface area contributed by atoms with Crippen LogP contribution in [0.2, 0.25) is 5.02 Å². The molecule has 0 saturated heterocycles. The van der Waals surface area contributed by atoms with Gasteiger partial charge in [0, 0.05) is 36.3 Å². The molecule has 3 rings (SSSR count). The van der Waals surface area contributed by atoms with E-state index in [2.05, 4.69) is 36.5 Å². The second kappa shape index (κ2) is 11.7. The Kier molecular flexibility index (Phi) is 8.94. The summed E-state index contributed by atoms with van der Waals surface area (Å²) >= 11 is 5.94. The van der Waals surface area contributed by atoms with Crippen molar-refractivity contribution in [1.82, 2.24) is 10.2 Å². The molecule has 1 amide bonds. The van der Waals surface area contributed by atoms with Crippen LogP contribution in [-0.2, 0) is 0 Å². The first kappa shape index (κ1) is 23.8. The van der Waals surface area contributed by atoms with E-state index in [-0.39, 0.29) is 12.5 Å². The maximum Gasteiger partial charge on any atom is 0.253 e. The molecule has 0 aliphatic heterocycles. The normalized spacial score (nSPS) is 19.7. The summed E-state index contributed by atoms with van der Waals surface area (Å²) in [7, 11) is 1.92. The van der Waals surface area contributed by atoms with Crippen LogP contribution < -0.4 is 5.32 Å². The Balaban J connectivity index is 1.49. The molecule has 5 heteroatoms. The van der Waals surface area contributed by atoms with E-state index >= 15 is 0 Å². The maximum absolute atomic E-state index is 12.8. The second-order valence-corrected chi connectivity index (χ2v) is 9.14. The van der Waals surface area contributed by atoms with Gasteiger partial charge in [0.2, 0.25) is 0 Å². The maximum atomic E-state index is 12.8. The van der Waals surface area contributed by atoms with Crippen LogP contribution in [0.15, 0.2) is 48.5 Å². The SMILES string of the molecule is CC(NCCCCO)c1ccc(C2CCC(N(C)C(=O)c3ccc(Cl)cc3)CC2)cc1. The van der Waals surface area contributed by atoms with E-state index in [4.69, 9.17) is 16.7 Å². The van der Waals surface area contributed by atoms with Gasteiger partial charge >= 0.3 is 0 Å². The van der Waals surface area contributed by atoms with Crippen molar-refractivity contribution < 1.29 is 9.90 Å². The molecule has 1 aliphatic carbocycles. The first-order valence-corrected chi connectivity index (χ1v) is 11.8. The summed E-state index contributed by atoms with van der Waals surface area (Å²) in [6, 6.07) is 16.8. The summed E-state index contributed by atoms with van der Waals surface area (Å²) in [6.45, 7) is 3.38. The molecule has 4 nitrogen and oxygen atoms in total. The van der Waals surface area contributed by atoms with Crippen LogP contribution in [0.3, 0.4) is 0 Å². The highest BCUT2D eigenvalue weighted by Crippen LogP contribution is 2.35. The Bertz CT molecular complexity index is 814. The van der Waals surface area contributed by atoms with E-state index in [0.29, 0.717) is 28.6 Å². The van der Waals surface area contributed by atoms with Gasteiger partial charge in [-0.25, -0.2) is 0 Å². The number of nitrogens with one attached hydrogen (secondary N) is 1. The van der Waals surface area contributed by atoms with Gasteiger partial charge in [0.25, 0.3) is 5.91 Å². The van der Waals surface area contributed by atoms with Gasteiger partial charge in [-0.05, 0) is 93.3 Å². The minimum atomic E-state index is 0.0740. The predicted molar refractivity (Wildman–Crippen MR) is 128 cm³/mol. The Labute approximate surface area is 191 Å². The number of benzene rings is 2. The summed E-state index contributed by atoms with van der Waals surface area (Å²) in [6.07, 6.45) is 6.13. The van der Waals surface area contributed by atoms with Crippen LogP contribution in [0, 0.1) is 0 Å². The van der Waals surface area contributed by atoms with Gasteiger partial charge in [-0.1, -0.05) is 35.9 Å². The molecule has 0 heterocycles. The van der Waals surface area contributed by atoms with Crippen molar-refractivity contribution in [3.8, 4) is 0 Å². The van der Waals surface area contributed by atoms with Crippen LogP contribution in [-0.4, -0.2) is 42.2 Å². The molecule has 31 heavy (non-hydrogen) atoms. The van der Waals surface area contributed by atoms with Crippen LogP contribution in [0.5, 0.6) is 0 Å². The van der Waals surface area contributed by atoms with Crippen LogP contribution in [0.4, 0.5) is 0 Å². The number of hydrogen-bond donors (Lipinski definition) is 2. The van der Waals surface area contributed by atoms with Gasteiger partial charge in [0.1, 0.15) is 0 Å². The predicted octanol–water partition coefficient (Wildman–Crippen LogP) is 5.56. The summed E-state index contributed by atoms with van der Waals surface area (Å²) in [5, 5.41) is 13.1. The van der Waals surface area contributed by atoms with Crippen molar-refractivity contribution in [1.29, 1.82) is 0 Å². The van der Waals surface area contributed by atoms with Crippen molar-refractivity contribution in [3.05, 3.63) is 70.2 Å². The third-order valence-electron chi connectivity index (χ3n) is 6.60. The molecule has 1 fully saturated rings. The highest BCUT2D eigenvalue weighted by molar-refractivity contribution is 6.30. The number of rotatable bonds is 9. The van der Waals surface area contributed by atoms with E-state index in [1.54, 1.807) is 24.3 Å². The Morgan fingerprint density at radius 2 is 1.71 bits per heavy atom. The molecule has 168 valence electrons. The number of carbonyl (C=O) groups is 1. The van der Waals surface area contributed by atoms with Crippen LogP contribution >= 0.6 is 11.6 Å². The monoisotopic (exact) mass is 442 g/mol. The van der Waals surface area contributed by atoms with E-state index in [1.165, 1.54) is 11.1 Å². The van der Waals surface area contributed by atoms with Crippen molar-refractivity contribution in [2.75, 3.05) is 20.2 Å². The molecule has 1 aliphatic rings. The smallest absolute Gasteiger partial charge is 0.253 e. The molecule has 0 aromatic heterocycles. The molecule has 1 saturated carbocycles. The number of carbonyl (C=O) groups excluding carboxylic acids is 1. The minimum Gasteiger partial charge on any atom is -0.396 e. The molecule has 2 aromatic rings. The van der Waals surface area contributed by atoms with Crippen molar-refractivity contribution in [2.24, 2.45) is 0 Å². The van der Waals surface area contributed by atoms with Crippen molar-refractivity contribution in [3.63, 3.8) is 0 Å². The summed E-state index contributed by atoms with van der Waals surface area (Å²) < 4.78 is 0. The van der Waals surface area contributed by atoms with Gasteiger partial charge in [-0.3, -0.25) is 4.79 Å². The summed E-state index contributed by atoms with van der Waals surface area (Å²) in [5.41, 5.74) is 3.40. The molecule has 2 aromatic carbocycles. The fraction of sp³-hybridized carbons (Fsp3) is 0.500. The zero-order chi connectivity index (χ0) is 22.2. The third-order valence-corrected chi connectivity index (χ3v) is 6.85. The molecule has 2 N–H and O–H groups in total. The quantitative estimate of drug-likeness (QED) is 0.500. The molecule has 1 atom stereocenters. The first-order chi connectivity index (χ1) is 15.0. The number of hydrogen-bond acceptors (Lipinski definition) is 3. The standard InChI is InChI=1S/C26H35ClN2O2/c1-19(28-17-3-4-18-30)20-5-7-21(8-6-20)22-11-15-25(16-12-22)29(2)26(31)23-9-13-24(27)14-10-23/h5-10,13-14,19,22,25,28,30H,3-4,11-12,15-18H2,1-2H3. The third kappa shape index (κ3) is 6.55. The lowest BCUT2D eigenvalue weighted by molar-refractivity contribution is 0.0689. The lowest BCUT2D eigenvalue weighted by atomic mass is 9.81. The Hall–Kier alpha value is -1.88. The van der Waals surface area contributed by atoms with E-state index in [0.717, 1.165) is 45.1 Å². The molecule has 0 bridgehead atoms. The number of nitrogens with zero attached hydrogens (tertiary/aromatic N) is 1. The first-order valence-electron chi connectivity index (χ1n) is 11.5. The number of aliphatic hydroxyl groups is 1. The van der Waals surface area contributed by atoms with Gasteiger partial charge in [-0.15, -0.1) is 0 Å². The summed E-state index contributed by atoms with van der Waals surface area (Å²) in [4.78, 5) is 14.7. The molecule has 0 radical (unpaired) electrons. The highest BCUT2D eigenvalue weighted by Gasteiger charge is 2.27. The molecular weight excluding hydrogens is 408 g/mol. The lowest BCUT2D eigenvalue weighted by Gasteiger charge is -2.35. The fourth-order valence-corrected chi connectivity index (χ4v) is 4.61. The highest BCUT2D eigenvalue weighted by atomic mass is 35.5. The van der Waals surface area contributed by atoms with Gasteiger partial charge in [0.15, 0.2) is 0 Å². The zero-order valence-electron chi connectivity index (χ0n) is 18.7. The summed E-state index contributed by atoms with van der Waals surface area (Å²) in [5.74, 6) is 0.641. The molecule has 1 unspecified atom stereocenters. The lowest BCUT2D eigenvalue weighted by Crippen LogP contribution is -2.39. The topological polar surface area (TPSA) is 52.6 Å². The van der Waals surface area contributed by atoms with Gasteiger partial charge < -0.3 is 15.3 Å². The number of aliphatic hydroxyl groups excluding tert-OH is 1. The van der Waals surface area contributed by atoms with E-state index in [1.807, 2.05) is 11.9 Å². The van der Waals surface area contributed by atoms with E-state index in [9.17, 15) is 4.79 Å². The van der Waals surface area contributed by atoms with Crippen molar-refractivity contribution in [2.45, 2.75) is 63.5 Å². The van der Waals surface area contributed by atoms with Gasteiger partial charge in [-0.2, -0.15) is 0 Å². The largest absolute Gasteiger partial charge is 0.396 e. The zero-order valence-corrected chi connectivity index (χ0v) is 19.4. The van der Waals surface area contributed by atoms with Crippen LogP contribution in [0.1, 0.15) is 78.9 Å². The number of halogens is 1. The average molecular weight is 443 g/mol. The van der Waals surface area contributed by atoms with E-state index < -0.39 is 0 Å². The van der Waals surface area contributed by atoms with Gasteiger partial charge in [0.05, 0.1) is 0 Å².